The molecule has 1 aliphatic rings. The Hall–Kier alpha value is -2.11. The number of nitrogens with one attached hydrogen (secondary N) is 1. The van der Waals surface area contributed by atoms with Gasteiger partial charge in [-0.15, -0.1) is 0 Å². The maximum absolute atomic E-state index is 13.2. The molecule has 6 heteroatoms. The average molecular weight is 293 g/mol. The minimum Gasteiger partial charge on any atom is -0.352 e. The van der Waals surface area contributed by atoms with E-state index in [0.29, 0.717) is 18.7 Å². The Bertz CT molecular complexity index is 521. The van der Waals surface area contributed by atoms with E-state index in [1.165, 1.54) is 12.1 Å². The molecule has 1 saturated heterocycles. The van der Waals surface area contributed by atoms with Gasteiger partial charge < -0.3 is 16.0 Å². The molecule has 1 aromatic rings. The average Bonchev–Trinajstić information content (AvgIpc) is 2.45. The fourth-order valence-corrected chi connectivity index (χ4v) is 2.68. The molecule has 0 saturated carbocycles. The van der Waals surface area contributed by atoms with Crippen molar-refractivity contribution in [3.63, 3.8) is 0 Å². The molecule has 1 heterocycles. The summed E-state index contributed by atoms with van der Waals surface area (Å²) >= 11 is 0. The van der Waals surface area contributed by atoms with Crippen molar-refractivity contribution in [2.75, 3.05) is 13.1 Å². The molecule has 0 bridgehead atoms. The maximum Gasteiger partial charge on any atom is 0.312 e. The monoisotopic (exact) mass is 293 g/mol. The van der Waals surface area contributed by atoms with Gasteiger partial charge in [0, 0.05) is 19.1 Å². The van der Waals surface area contributed by atoms with Crippen molar-refractivity contribution in [1.29, 1.82) is 0 Å². The second kappa shape index (κ2) is 7.06. The molecule has 1 aliphatic heterocycles. The fraction of sp³-hybridized carbons (Fsp3) is 0.467. The lowest BCUT2D eigenvalue weighted by Crippen LogP contribution is -2.50. The second-order valence-electron chi connectivity index (χ2n) is 5.29. The van der Waals surface area contributed by atoms with Gasteiger partial charge in [-0.25, -0.2) is 9.18 Å². The van der Waals surface area contributed by atoms with Gasteiger partial charge in [0.15, 0.2) is 0 Å². The molecule has 3 N–H and O–H groups in total. The molecule has 5 nitrogen and oxygen atoms in total. The summed E-state index contributed by atoms with van der Waals surface area (Å²) in [6.45, 7) is 1.03. The van der Waals surface area contributed by atoms with E-state index in [0.717, 1.165) is 19.3 Å². The number of amides is 3. The molecule has 1 aromatic carbocycles. The van der Waals surface area contributed by atoms with Gasteiger partial charge in [0.1, 0.15) is 5.82 Å². The summed E-state index contributed by atoms with van der Waals surface area (Å²) in [5.74, 6) is -0.387. The third-order valence-corrected chi connectivity index (χ3v) is 3.70. The van der Waals surface area contributed by atoms with Crippen LogP contribution in [0.2, 0.25) is 0 Å². The number of nitrogens with zero attached hydrogens (tertiary/aromatic N) is 1. The Morgan fingerprint density at radius 2 is 2.19 bits per heavy atom. The lowest BCUT2D eigenvalue weighted by Gasteiger charge is -2.36. The summed E-state index contributed by atoms with van der Waals surface area (Å²) in [5.41, 5.74) is 5.74. The summed E-state index contributed by atoms with van der Waals surface area (Å²) in [5, 5.41) is 2.56. The number of urea groups is 1. The highest BCUT2D eigenvalue weighted by atomic mass is 19.1. The smallest absolute Gasteiger partial charge is 0.312 e. The van der Waals surface area contributed by atoms with Crippen LogP contribution < -0.4 is 11.1 Å². The van der Waals surface area contributed by atoms with Crippen molar-refractivity contribution in [2.24, 2.45) is 5.73 Å². The van der Waals surface area contributed by atoms with Gasteiger partial charge in [0.2, 0.25) is 5.91 Å². The predicted molar refractivity (Wildman–Crippen MR) is 77.0 cm³/mol. The largest absolute Gasteiger partial charge is 0.352 e. The Morgan fingerprint density at radius 3 is 2.90 bits per heavy atom. The summed E-state index contributed by atoms with van der Waals surface area (Å²) in [6.07, 6.45) is 2.98. The lowest BCUT2D eigenvalue weighted by atomic mass is 10.0. The molecule has 2 rings (SSSR count). The molecule has 0 aromatic heterocycles. The summed E-state index contributed by atoms with van der Waals surface area (Å²) in [4.78, 5) is 25.0. The van der Waals surface area contributed by atoms with Crippen LogP contribution in [0.3, 0.4) is 0 Å². The number of piperidine rings is 1. The SMILES string of the molecule is NC(=O)NC[C@H]1CCCCN1C(=O)Cc1cccc(F)c1. The Morgan fingerprint density at radius 1 is 1.38 bits per heavy atom. The zero-order valence-corrected chi connectivity index (χ0v) is 11.8. The van der Waals surface area contributed by atoms with Crippen LogP contribution >= 0.6 is 0 Å². The molecule has 3 amide bonds. The maximum atomic E-state index is 13.2. The van der Waals surface area contributed by atoms with Crippen molar-refractivity contribution < 1.29 is 14.0 Å². The first-order valence-corrected chi connectivity index (χ1v) is 7.13. The Labute approximate surface area is 123 Å². The molecule has 0 aliphatic carbocycles. The number of benzene rings is 1. The van der Waals surface area contributed by atoms with Gasteiger partial charge in [0.25, 0.3) is 0 Å². The Kier molecular flexibility index (Phi) is 5.14. The minimum absolute atomic E-state index is 0.0349. The van der Waals surface area contributed by atoms with Crippen LogP contribution in [0.15, 0.2) is 24.3 Å². The number of primary amides is 1. The van der Waals surface area contributed by atoms with Gasteiger partial charge in [0.05, 0.1) is 6.42 Å². The van der Waals surface area contributed by atoms with Crippen LogP contribution in [0.4, 0.5) is 9.18 Å². The standard InChI is InChI=1S/C15H20FN3O2/c16-12-5-3-4-11(8-12)9-14(20)19-7-2-1-6-13(19)10-18-15(17)21/h3-5,8,13H,1-2,6-7,9-10H2,(H3,17,18,21)/t13-/m1/s1. The topological polar surface area (TPSA) is 75.4 Å². The van der Waals surface area contributed by atoms with E-state index >= 15 is 0 Å². The number of nitrogens with two attached hydrogens (primary N) is 1. The number of likely N-dealkylation sites (tertiary alicyclic amines) is 1. The zero-order chi connectivity index (χ0) is 15.2. The van der Waals surface area contributed by atoms with E-state index in [2.05, 4.69) is 5.32 Å². The van der Waals surface area contributed by atoms with Gasteiger partial charge in [-0.3, -0.25) is 4.79 Å². The normalized spacial score (nSPS) is 18.3. The van der Waals surface area contributed by atoms with E-state index in [-0.39, 0.29) is 24.2 Å². The molecule has 1 atom stereocenters. The van der Waals surface area contributed by atoms with E-state index in [9.17, 15) is 14.0 Å². The van der Waals surface area contributed by atoms with Gasteiger partial charge in [-0.1, -0.05) is 12.1 Å². The van der Waals surface area contributed by atoms with Crippen LogP contribution in [-0.4, -0.2) is 36.0 Å². The quantitative estimate of drug-likeness (QED) is 0.881. The third-order valence-electron chi connectivity index (χ3n) is 3.70. The number of halogens is 1. The lowest BCUT2D eigenvalue weighted by molar-refractivity contribution is -0.134. The van der Waals surface area contributed by atoms with Crippen molar-refractivity contribution >= 4 is 11.9 Å². The van der Waals surface area contributed by atoms with E-state index in [1.807, 2.05) is 0 Å². The van der Waals surface area contributed by atoms with Crippen LogP contribution in [0.1, 0.15) is 24.8 Å². The molecule has 1 fully saturated rings. The van der Waals surface area contributed by atoms with E-state index in [4.69, 9.17) is 5.73 Å². The molecular weight excluding hydrogens is 273 g/mol. The molecule has 0 radical (unpaired) electrons. The number of carbonyl (C=O) groups is 2. The number of hydrogen-bond donors (Lipinski definition) is 2. The van der Waals surface area contributed by atoms with Crippen LogP contribution in [0.25, 0.3) is 0 Å². The van der Waals surface area contributed by atoms with Crippen molar-refractivity contribution in [2.45, 2.75) is 31.7 Å². The van der Waals surface area contributed by atoms with Crippen molar-refractivity contribution in [1.82, 2.24) is 10.2 Å². The first-order chi connectivity index (χ1) is 10.1. The predicted octanol–water partition coefficient (Wildman–Crippen LogP) is 1.42. The minimum atomic E-state index is -0.585. The third kappa shape index (κ3) is 4.44. The first kappa shape index (κ1) is 15.3. The molecule has 114 valence electrons. The van der Waals surface area contributed by atoms with Gasteiger partial charge in [-0.2, -0.15) is 0 Å². The molecular formula is C15H20FN3O2. The molecule has 0 spiro atoms. The Balaban J connectivity index is 1.99. The summed E-state index contributed by atoms with van der Waals surface area (Å²) < 4.78 is 13.2. The molecule has 21 heavy (non-hydrogen) atoms. The number of hydrogen-bond acceptors (Lipinski definition) is 2. The van der Waals surface area contributed by atoms with Gasteiger partial charge in [-0.05, 0) is 37.0 Å². The second-order valence-corrected chi connectivity index (χ2v) is 5.29. The van der Waals surface area contributed by atoms with E-state index < -0.39 is 6.03 Å². The highest BCUT2D eigenvalue weighted by molar-refractivity contribution is 5.79. The summed E-state index contributed by atoms with van der Waals surface area (Å²) in [7, 11) is 0. The zero-order valence-electron chi connectivity index (χ0n) is 11.8. The first-order valence-electron chi connectivity index (χ1n) is 7.13. The van der Waals surface area contributed by atoms with Crippen LogP contribution in [-0.2, 0) is 11.2 Å². The van der Waals surface area contributed by atoms with E-state index in [1.54, 1.807) is 17.0 Å². The number of carbonyl (C=O) groups excluding carboxylic acids is 2. The fourth-order valence-electron chi connectivity index (χ4n) is 2.68. The van der Waals surface area contributed by atoms with Crippen molar-refractivity contribution in [3.05, 3.63) is 35.6 Å². The van der Waals surface area contributed by atoms with Crippen LogP contribution in [0.5, 0.6) is 0 Å². The van der Waals surface area contributed by atoms with Gasteiger partial charge >= 0.3 is 6.03 Å². The highest BCUT2D eigenvalue weighted by Crippen LogP contribution is 2.18. The molecule has 0 unspecified atom stereocenters. The van der Waals surface area contributed by atoms with Crippen molar-refractivity contribution in [3.8, 4) is 0 Å². The van der Waals surface area contributed by atoms with Crippen LogP contribution in [0, 0.1) is 5.82 Å². The number of rotatable bonds is 4. The highest BCUT2D eigenvalue weighted by Gasteiger charge is 2.26. The summed E-state index contributed by atoms with van der Waals surface area (Å²) in [6, 6.07) is 5.44.